The molecule has 3 heterocycles. The maximum absolute atomic E-state index is 12.5. The Kier molecular flexibility index (Phi) is 5.16. The summed E-state index contributed by atoms with van der Waals surface area (Å²) in [6.07, 6.45) is -0.661. The van der Waals surface area contributed by atoms with E-state index in [4.69, 9.17) is 4.74 Å². The third-order valence-electron chi connectivity index (χ3n) is 4.16. The highest BCUT2D eigenvalue weighted by molar-refractivity contribution is 8.03. The lowest BCUT2D eigenvalue weighted by molar-refractivity contribution is -0.162. The molecule has 25 heavy (non-hydrogen) atoms. The summed E-state index contributed by atoms with van der Waals surface area (Å²) in [6.45, 7) is 1.53. The number of carbonyl (C=O) groups is 3. The summed E-state index contributed by atoms with van der Waals surface area (Å²) < 4.78 is 4.78. The van der Waals surface area contributed by atoms with Crippen molar-refractivity contribution in [3.8, 4) is 0 Å². The summed E-state index contributed by atoms with van der Waals surface area (Å²) in [4.78, 5) is 39.0. The summed E-state index contributed by atoms with van der Waals surface area (Å²) in [6, 6.07) is 2.09. The molecule has 4 atom stereocenters. The SMILES string of the molecule is COC(=O)C1C(C(C)O)=CS[C@@H]2C(NC(=O)Cc3cccs3)C(=O)N12. The van der Waals surface area contributed by atoms with E-state index in [1.807, 2.05) is 17.5 Å². The largest absolute Gasteiger partial charge is 0.467 e. The molecule has 3 unspecified atom stereocenters. The summed E-state index contributed by atoms with van der Waals surface area (Å²) in [5.74, 6) is -1.19. The lowest BCUT2D eigenvalue weighted by Crippen LogP contribution is -2.74. The smallest absolute Gasteiger partial charge is 0.333 e. The standard InChI is InChI=1S/C16H18N2O5S2/c1-8(19)10-7-25-15-12(14(21)18(15)13(10)16(22)23-2)17-11(20)6-9-4-3-5-24-9/h3-5,7-8,12-13,15,19H,6H2,1-2H3,(H,17,20)/t8?,12?,13?,15-/m1/s1. The molecule has 2 amide bonds. The minimum atomic E-state index is -0.950. The van der Waals surface area contributed by atoms with E-state index in [-0.39, 0.29) is 23.6 Å². The predicted octanol–water partition coefficient (Wildman–Crippen LogP) is 0.497. The second-order valence-electron chi connectivity index (χ2n) is 5.79. The number of carbonyl (C=O) groups excluding carboxylic acids is 3. The Morgan fingerprint density at radius 2 is 2.24 bits per heavy atom. The average Bonchev–Trinajstić information content (AvgIpc) is 3.10. The van der Waals surface area contributed by atoms with E-state index in [1.165, 1.54) is 42.0 Å². The van der Waals surface area contributed by atoms with Gasteiger partial charge in [-0.15, -0.1) is 23.1 Å². The Balaban J connectivity index is 1.72. The zero-order chi connectivity index (χ0) is 18.1. The van der Waals surface area contributed by atoms with Crippen molar-refractivity contribution in [3.63, 3.8) is 0 Å². The number of methoxy groups -OCH3 is 1. The number of rotatable bonds is 5. The third kappa shape index (κ3) is 3.31. The number of esters is 1. The molecule has 0 saturated carbocycles. The van der Waals surface area contributed by atoms with Gasteiger partial charge in [0.15, 0.2) is 6.04 Å². The number of β-lactam (4-membered cyclic amide) rings is 1. The van der Waals surface area contributed by atoms with Crippen molar-refractivity contribution in [2.24, 2.45) is 0 Å². The zero-order valence-electron chi connectivity index (χ0n) is 13.7. The predicted molar refractivity (Wildman–Crippen MR) is 93.7 cm³/mol. The molecule has 0 aliphatic carbocycles. The Morgan fingerprint density at radius 1 is 1.48 bits per heavy atom. The molecule has 1 aromatic rings. The molecule has 2 aliphatic rings. The van der Waals surface area contributed by atoms with Gasteiger partial charge >= 0.3 is 5.97 Å². The van der Waals surface area contributed by atoms with Gasteiger partial charge in [-0.1, -0.05) is 6.07 Å². The van der Waals surface area contributed by atoms with E-state index in [0.717, 1.165) is 4.88 Å². The van der Waals surface area contributed by atoms with Crippen molar-refractivity contribution < 1.29 is 24.2 Å². The Labute approximate surface area is 153 Å². The van der Waals surface area contributed by atoms with Crippen LogP contribution in [0.2, 0.25) is 0 Å². The van der Waals surface area contributed by atoms with Gasteiger partial charge in [-0.3, -0.25) is 9.59 Å². The minimum absolute atomic E-state index is 0.216. The molecule has 9 heteroatoms. The lowest BCUT2D eigenvalue weighted by Gasteiger charge is -2.52. The number of nitrogens with one attached hydrogen (secondary N) is 1. The quantitative estimate of drug-likeness (QED) is 0.569. The number of aliphatic hydroxyl groups is 1. The fraction of sp³-hybridized carbons (Fsp3) is 0.438. The molecule has 0 bridgehead atoms. The van der Waals surface area contributed by atoms with Crippen LogP contribution in [0.5, 0.6) is 0 Å². The highest BCUT2D eigenvalue weighted by Crippen LogP contribution is 2.41. The van der Waals surface area contributed by atoms with Gasteiger partial charge in [-0.05, 0) is 29.4 Å². The van der Waals surface area contributed by atoms with Gasteiger partial charge in [0.25, 0.3) is 0 Å². The van der Waals surface area contributed by atoms with Crippen LogP contribution in [0.25, 0.3) is 0 Å². The van der Waals surface area contributed by atoms with Gasteiger partial charge in [0.2, 0.25) is 11.8 Å². The van der Waals surface area contributed by atoms with Crippen molar-refractivity contribution in [2.45, 2.75) is 36.9 Å². The van der Waals surface area contributed by atoms with E-state index < -0.39 is 24.2 Å². The molecular weight excluding hydrogens is 364 g/mol. The first-order valence-corrected chi connectivity index (χ1v) is 9.51. The van der Waals surface area contributed by atoms with Crippen LogP contribution in [-0.2, 0) is 25.5 Å². The van der Waals surface area contributed by atoms with Gasteiger partial charge in [0.05, 0.1) is 19.6 Å². The lowest BCUT2D eigenvalue weighted by atomic mass is 9.95. The maximum atomic E-state index is 12.5. The third-order valence-corrected chi connectivity index (χ3v) is 6.22. The van der Waals surface area contributed by atoms with Crippen LogP contribution in [0.3, 0.4) is 0 Å². The molecule has 2 aliphatic heterocycles. The summed E-state index contributed by atoms with van der Waals surface area (Å²) >= 11 is 2.78. The van der Waals surface area contributed by atoms with Gasteiger partial charge in [-0.25, -0.2) is 4.79 Å². The Bertz CT molecular complexity index is 716. The fourth-order valence-corrected chi connectivity index (χ4v) is 4.92. The average molecular weight is 382 g/mol. The number of ether oxygens (including phenoxy) is 1. The van der Waals surface area contributed by atoms with Crippen LogP contribution < -0.4 is 5.32 Å². The number of nitrogens with zero attached hydrogens (tertiary/aromatic N) is 1. The molecule has 2 N–H and O–H groups in total. The first-order chi connectivity index (χ1) is 11.9. The Morgan fingerprint density at radius 3 is 2.84 bits per heavy atom. The molecule has 0 spiro atoms. The van der Waals surface area contributed by atoms with Gasteiger partial charge in [-0.2, -0.15) is 0 Å². The number of fused-ring (bicyclic) bond motifs is 1. The molecule has 1 aromatic heterocycles. The molecule has 7 nitrogen and oxygen atoms in total. The highest BCUT2D eigenvalue weighted by atomic mass is 32.2. The highest BCUT2D eigenvalue weighted by Gasteiger charge is 2.56. The van der Waals surface area contributed by atoms with Crippen molar-refractivity contribution in [2.75, 3.05) is 7.11 Å². The van der Waals surface area contributed by atoms with Gasteiger partial charge in [0.1, 0.15) is 11.4 Å². The van der Waals surface area contributed by atoms with Crippen LogP contribution in [-0.4, -0.2) is 58.5 Å². The van der Waals surface area contributed by atoms with E-state index in [1.54, 1.807) is 5.41 Å². The molecule has 0 radical (unpaired) electrons. The topological polar surface area (TPSA) is 95.9 Å². The molecule has 1 fully saturated rings. The molecular formula is C16H18N2O5S2. The van der Waals surface area contributed by atoms with Crippen molar-refractivity contribution in [1.82, 2.24) is 10.2 Å². The molecule has 134 valence electrons. The normalized spacial score (nSPS) is 26.2. The van der Waals surface area contributed by atoms with Crippen molar-refractivity contribution >= 4 is 40.9 Å². The molecule has 0 aromatic carbocycles. The number of hydrogen-bond acceptors (Lipinski definition) is 7. The van der Waals surface area contributed by atoms with Crippen molar-refractivity contribution in [1.29, 1.82) is 0 Å². The van der Waals surface area contributed by atoms with Crippen LogP contribution in [0.15, 0.2) is 28.5 Å². The van der Waals surface area contributed by atoms with Crippen LogP contribution in [0, 0.1) is 0 Å². The minimum Gasteiger partial charge on any atom is -0.467 e. The maximum Gasteiger partial charge on any atom is 0.333 e. The first-order valence-electron chi connectivity index (χ1n) is 7.69. The summed E-state index contributed by atoms with van der Waals surface area (Å²) in [5.41, 5.74) is 0.421. The zero-order valence-corrected chi connectivity index (χ0v) is 15.3. The first kappa shape index (κ1) is 18.0. The van der Waals surface area contributed by atoms with Crippen LogP contribution in [0.1, 0.15) is 11.8 Å². The van der Waals surface area contributed by atoms with Crippen LogP contribution >= 0.6 is 23.1 Å². The molecule has 3 rings (SSSR count). The number of thiophene rings is 1. The van der Waals surface area contributed by atoms with E-state index in [9.17, 15) is 19.5 Å². The summed E-state index contributed by atoms with van der Waals surface area (Å²) in [7, 11) is 1.24. The van der Waals surface area contributed by atoms with Crippen molar-refractivity contribution in [3.05, 3.63) is 33.4 Å². The van der Waals surface area contributed by atoms with E-state index >= 15 is 0 Å². The van der Waals surface area contributed by atoms with E-state index in [2.05, 4.69) is 5.32 Å². The second-order valence-corrected chi connectivity index (χ2v) is 7.82. The number of amides is 2. The Hall–Kier alpha value is -1.84. The van der Waals surface area contributed by atoms with Gasteiger partial charge in [0, 0.05) is 4.88 Å². The van der Waals surface area contributed by atoms with Gasteiger partial charge < -0.3 is 20.1 Å². The number of hydrogen-bond donors (Lipinski definition) is 2. The summed E-state index contributed by atoms with van der Waals surface area (Å²) in [5, 5.41) is 15.8. The monoisotopic (exact) mass is 382 g/mol. The van der Waals surface area contributed by atoms with Crippen LogP contribution in [0.4, 0.5) is 0 Å². The second kappa shape index (κ2) is 7.19. The van der Waals surface area contributed by atoms with E-state index in [0.29, 0.717) is 5.57 Å². The number of thioether (sulfide) groups is 1. The molecule has 1 saturated heterocycles. The fourth-order valence-electron chi connectivity index (χ4n) is 2.90. The number of aliphatic hydroxyl groups excluding tert-OH is 1.